The average molecular weight is 182 g/mol. The largest absolute Gasteiger partial charge is 0.481 e. The topological polar surface area (TPSA) is 72.3 Å². The van der Waals surface area contributed by atoms with E-state index in [9.17, 15) is 4.79 Å². The minimum absolute atomic E-state index is 0.0631. The SMILES string of the molecule is CCOc1ncc(CC(=O)O)cn1. The molecule has 5 nitrogen and oxygen atoms in total. The molecule has 0 aliphatic heterocycles. The quantitative estimate of drug-likeness (QED) is 0.734. The molecule has 1 rings (SSSR count). The number of ether oxygens (including phenoxy) is 1. The Bertz CT molecular complexity index is 284. The predicted octanol–water partition coefficient (Wildman–Crippen LogP) is 0.502. The Morgan fingerprint density at radius 1 is 1.54 bits per heavy atom. The van der Waals surface area contributed by atoms with E-state index in [2.05, 4.69) is 9.97 Å². The summed E-state index contributed by atoms with van der Waals surface area (Å²) in [6.45, 7) is 2.33. The van der Waals surface area contributed by atoms with Crippen molar-refractivity contribution in [3.8, 4) is 6.01 Å². The zero-order valence-corrected chi connectivity index (χ0v) is 7.23. The second-order valence-corrected chi connectivity index (χ2v) is 2.38. The third kappa shape index (κ3) is 3.06. The van der Waals surface area contributed by atoms with Crippen LogP contribution in [0.4, 0.5) is 0 Å². The lowest BCUT2D eigenvalue weighted by molar-refractivity contribution is -0.136. The summed E-state index contributed by atoms with van der Waals surface area (Å²) in [4.78, 5) is 17.9. The van der Waals surface area contributed by atoms with E-state index in [4.69, 9.17) is 9.84 Å². The van der Waals surface area contributed by atoms with Gasteiger partial charge in [-0.25, -0.2) is 9.97 Å². The highest BCUT2D eigenvalue weighted by molar-refractivity contribution is 5.69. The van der Waals surface area contributed by atoms with Gasteiger partial charge >= 0.3 is 12.0 Å². The number of aliphatic carboxylic acids is 1. The van der Waals surface area contributed by atoms with Crippen molar-refractivity contribution in [3.05, 3.63) is 18.0 Å². The van der Waals surface area contributed by atoms with Gasteiger partial charge in [0.15, 0.2) is 0 Å². The third-order valence-corrected chi connectivity index (χ3v) is 1.31. The Kier molecular flexibility index (Phi) is 3.19. The van der Waals surface area contributed by atoms with Crippen LogP contribution in [0.3, 0.4) is 0 Å². The molecule has 0 saturated heterocycles. The molecule has 1 aromatic rings. The van der Waals surface area contributed by atoms with Gasteiger partial charge < -0.3 is 9.84 Å². The zero-order chi connectivity index (χ0) is 9.68. The average Bonchev–Trinajstić information content (AvgIpc) is 2.08. The molecule has 0 fully saturated rings. The van der Waals surface area contributed by atoms with Gasteiger partial charge in [0, 0.05) is 18.0 Å². The lowest BCUT2D eigenvalue weighted by Gasteiger charge is -2.00. The maximum atomic E-state index is 10.3. The van der Waals surface area contributed by atoms with Crippen molar-refractivity contribution in [3.63, 3.8) is 0 Å². The Labute approximate surface area is 75.4 Å². The molecule has 70 valence electrons. The molecule has 0 aliphatic carbocycles. The minimum Gasteiger partial charge on any atom is -0.481 e. The summed E-state index contributed by atoms with van der Waals surface area (Å²) in [7, 11) is 0. The maximum absolute atomic E-state index is 10.3. The number of nitrogens with zero attached hydrogens (tertiary/aromatic N) is 2. The fraction of sp³-hybridized carbons (Fsp3) is 0.375. The van der Waals surface area contributed by atoms with E-state index in [1.165, 1.54) is 12.4 Å². The van der Waals surface area contributed by atoms with Crippen LogP contribution < -0.4 is 4.74 Å². The van der Waals surface area contributed by atoms with Gasteiger partial charge in [-0.3, -0.25) is 4.79 Å². The van der Waals surface area contributed by atoms with Gasteiger partial charge in [0.25, 0.3) is 0 Å². The first-order valence-electron chi connectivity index (χ1n) is 3.88. The van der Waals surface area contributed by atoms with Gasteiger partial charge in [-0.15, -0.1) is 0 Å². The molecule has 0 atom stereocenters. The van der Waals surface area contributed by atoms with Crippen LogP contribution in [0.5, 0.6) is 6.01 Å². The van der Waals surface area contributed by atoms with Crippen molar-refractivity contribution >= 4 is 5.97 Å². The standard InChI is InChI=1S/C8H10N2O3/c1-2-13-8-9-4-6(5-10-8)3-7(11)12/h4-5H,2-3H2,1H3,(H,11,12). The van der Waals surface area contributed by atoms with E-state index in [0.29, 0.717) is 12.2 Å². The van der Waals surface area contributed by atoms with E-state index >= 15 is 0 Å². The zero-order valence-electron chi connectivity index (χ0n) is 7.23. The number of hydrogen-bond donors (Lipinski definition) is 1. The molecule has 0 unspecified atom stereocenters. The maximum Gasteiger partial charge on any atom is 0.316 e. The van der Waals surface area contributed by atoms with Crippen LogP contribution in [0, 0.1) is 0 Å². The van der Waals surface area contributed by atoms with E-state index in [-0.39, 0.29) is 12.4 Å². The van der Waals surface area contributed by atoms with Gasteiger partial charge in [-0.2, -0.15) is 0 Å². The van der Waals surface area contributed by atoms with Crippen LogP contribution in [-0.2, 0) is 11.2 Å². The third-order valence-electron chi connectivity index (χ3n) is 1.31. The molecule has 1 aromatic heterocycles. The fourth-order valence-electron chi connectivity index (χ4n) is 0.812. The van der Waals surface area contributed by atoms with Gasteiger partial charge in [0.1, 0.15) is 0 Å². The monoisotopic (exact) mass is 182 g/mol. The van der Waals surface area contributed by atoms with Crippen molar-refractivity contribution in [1.29, 1.82) is 0 Å². The molecule has 1 heterocycles. The Morgan fingerprint density at radius 2 is 2.15 bits per heavy atom. The Morgan fingerprint density at radius 3 is 2.62 bits per heavy atom. The Balaban J connectivity index is 2.64. The van der Waals surface area contributed by atoms with E-state index in [1.54, 1.807) is 0 Å². The molecule has 0 saturated carbocycles. The van der Waals surface area contributed by atoms with Gasteiger partial charge in [-0.05, 0) is 6.92 Å². The molecule has 1 N–H and O–H groups in total. The molecule has 0 amide bonds. The van der Waals surface area contributed by atoms with Crippen molar-refractivity contribution < 1.29 is 14.6 Å². The first-order valence-corrected chi connectivity index (χ1v) is 3.88. The molecule has 0 bridgehead atoms. The summed E-state index contributed by atoms with van der Waals surface area (Å²) in [6.07, 6.45) is 2.84. The summed E-state index contributed by atoms with van der Waals surface area (Å²) in [6, 6.07) is 0.275. The molecule has 0 aromatic carbocycles. The van der Waals surface area contributed by atoms with Crippen LogP contribution in [0.2, 0.25) is 0 Å². The van der Waals surface area contributed by atoms with Crippen LogP contribution in [-0.4, -0.2) is 27.7 Å². The van der Waals surface area contributed by atoms with Gasteiger partial charge in [0.05, 0.1) is 13.0 Å². The smallest absolute Gasteiger partial charge is 0.316 e. The van der Waals surface area contributed by atoms with Crippen molar-refractivity contribution in [2.75, 3.05) is 6.61 Å². The molecule has 0 spiro atoms. The van der Waals surface area contributed by atoms with Crippen LogP contribution >= 0.6 is 0 Å². The first kappa shape index (κ1) is 9.44. The van der Waals surface area contributed by atoms with Crippen molar-refractivity contribution in [1.82, 2.24) is 9.97 Å². The molecular formula is C8H10N2O3. The Hall–Kier alpha value is -1.65. The highest BCUT2D eigenvalue weighted by Gasteiger charge is 2.01. The molecular weight excluding hydrogens is 172 g/mol. The van der Waals surface area contributed by atoms with E-state index in [1.807, 2.05) is 6.92 Å². The number of aromatic nitrogens is 2. The number of rotatable bonds is 4. The summed E-state index contributed by atoms with van der Waals surface area (Å²) in [5.74, 6) is -0.896. The second-order valence-electron chi connectivity index (χ2n) is 2.38. The van der Waals surface area contributed by atoms with E-state index in [0.717, 1.165) is 0 Å². The van der Waals surface area contributed by atoms with Crippen molar-refractivity contribution in [2.24, 2.45) is 0 Å². The minimum atomic E-state index is -0.896. The van der Waals surface area contributed by atoms with Crippen LogP contribution in [0.15, 0.2) is 12.4 Å². The summed E-state index contributed by atoms with van der Waals surface area (Å²) >= 11 is 0. The number of hydrogen-bond acceptors (Lipinski definition) is 4. The van der Waals surface area contributed by atoms with Crippen LogP contribution in [0.1, 0.15) is 12.5 Å². The van der Waals surface area contributed by atoms with Crippen LogP contribution in [0.25, 0.3) is 0 Å². The second kappa shape index (κ2) is 4.39. The summed E-state index contributed by atoms with van der Waals surface area (Å²) in [5, 5.41) is 8.45. The number of carboxylic acid groups (broad SMARTS) is 1. The molecule has 5 heteroatoms. The lowest BCUT2D eigenvalue weighted by atomic mass is 10.2. The number of carbonyl (C=O) groups is 1. The summed E-state index contributed by atoms with van der Waals surface area (Å²) < 4.78 is 5.00. The highest BCUT2D eigenvalue weighted by Crippen LogP contribution is 2.02. The normalized spacial score (nSPS) is 9.62. The van der Waals surface area contributed by atoms with Gasteiger partial charge in [-0.1, -0.05) is 0 Å². The highest BCUT2D eigenvalue weighted by atomic mass is 16.5. The first-order chi connectivity index (χ1) is 6.22. The number of carboxylic acids is 1. The molecule has 0 radical (unpaired) electrons. The molecule has 0 aliphatic rings. The fourth-order valence-corrected chi connectivity index (χ4v) is 0.812. The molecule has 13 heavy (non-hydrogen) atoms. The van der Waals surface area contributed by atoms with Crippen molar-refractivity contribution in [2.45, 2.75) is 13.3 Å². The summed E-state index contributed by atoms with van der Waals surface area (Å²) in [5.41, 5.74) is 0.566. The van der Waals surface area contributed by atoms with Gasteiger partial charge in [0.2, 0.25) is 0 Å². The predicted molar refractivity (Wildman–Crippen MR) is 44.5 cm³/mol. The lowest BCUT2D eigenvalue weighted by Crippen LogP contribution is -2.03. The van der Waals surface area contributed by atoms with E-state index < -0.39 is 5.97 Å².